The molecular formula is C31H31Cl2N5O3S. The maximum absolute atomic E-state index is 14.0. The van der Waals surface area contributed by atoms with Crippen LogP contribution in [0.1, 0.15) is 44.4 Å². The number of fused-ring (bicyclic) bond motifs is 1. The summed E-state index contributed by atoms with van der Waals surface area (Å²) < 4.78 is 13.6. The minimum atomic E-state index is -0.563. The highest BCUT2D eigenvalue weighted by Crippen LogP contribution is 2.38. The summed E-state index contributed by atoms with van der Waals surface area (Å²) in [7, 11) is 0. The van der Waals surface area contributed by atoms with Gasteiger partial charge in [-0.2, -0.15) is 4.98 Å². The summed E-state index contributed by atoms with van der Waals surface area (Å²) in [5, 5.41) is 12.9. The Morgan fingerprint density at radius 1 is 1.07 bits per heavy atom. The zero-order valence-corrected chi connectivity index (χ0v) is 25.8. The number of hydrogen-bond donors (Lipinski definition) is 2. The Bertz CT molecular complexity index is 1620. The number of anilines is 2. The molecule has 0 aliphatic carbocycles. The second-order valence-electron chi connectivity index (χ2n) is 9.56. The Labute approximate surface area is 259 Å². The van der Waals surface area contributed by atoms with Gasteiger partial charge < -0.3 is 20.1 Å². The number of ether oxygens (including phenoxy) is 2. The molecule has 3 aromatic carbocycles. The lowest BCUT2D eigenvalue weighted by Gasteiger charge is -2.29. The highest BCUT2D eigenvalue weighted by atomic mass is 35.5. The van der Waals surface area contributed by atoms with Gasteiger partial charge in [-0.05, 0) is 62.2 Å². The van der Waals surface area contributed by atoms with Crippen molar-refractivity contribution < 1.29 is 14.3 Å². The molecule has 8 nitrogen and oxygen atoms in total. The third-order valence-electron chi connectivity index (χ3n) is 6.53. The average Bonchev–Trinajstić information content (AvgIpc) is 3.38. The van der Waals surface area contributed by atoms with Crippen molar-refractivity contribution in [2.24, 2.45) is 0 Å². The van der Waals surface area contributed by atoms with Crippen LogP contribution in [0.2, 0.25) is 10.0 Å². The van der Waals surface area contributed by atoms with Crippen molar-refractivity contribution in [2.45, 2.75) is 45.0 Å². The molecule has 1 amide bonds. The number of halogens is 2. The number of carbonyl (C=O) groups is 1. The largest absolute Gasteiger partial charge is 0.492 e. The van der Waals surface area contributed by atoms with Gasteiger partial charge in [0.15, 0.2) is 0 Å². The fraction of sp³-hybridized carbons (Fsp3) is 0.258. The summed E-state index contributed by atoms with van der Waals surface area (Å²) in [5.41, 5.74) is 3.40. The first kappa shape index (κ1) is 29.8. The molecule has 0 spiro atoms. The van der Waals surface area contributed by atoms with Crippen LogP contribution in [-0.2, 0) is 11.4 Å². The number of rotatable bonds is 11. The van der Waals surface area contributed by atoms with E-state index in [4.69, 9.17) is 42.8 Å². The first-order valence-corrected chi connectivity index (χ1v) is 15.4. The molecule has 1 aliphatic rings. The van der Waals surface area contributed by atoms with Gasteiger partial charge in [-0.1, -0.05) is 72.2 Å². The maximum atomic E-state index is 14.0. The number of benzene rings is 3. The van der Waals surface area contributed by atoms with Gasteiger partial charge in [0.25, 0.3) is 5.91 Å². The van der Waals surface area contributed by atoms with Gasteiger partial charge in [0.05, 0.1) is 17.9 Å². The summed E-state index contributed by atoms with van der Waals surface area (Å²) in [6, 6.07) is 19.8. The van der Waals surface area contributed by atoms with Crippen molar-refractivity contribution in [3.05, 3.63) is 99.2 Å². The molecule has 1 unspecified atom stereocenters. The Kier molecular flexibility index (Phi) is 9.62. The van der Waals surface area contributed by atoms with E-state index in [1.54, 1.807) is 28.6 Å². The Morgan fingerprint density at radius 2 is 1.90 bits per heavy atom. The van der Waals surface area contributed by atoms with Crippen LogP contribution >= 0.6 is 35.0 Å². The zero-order valence-electron chi connectivity index (χ0n) is 23.5. The van der Waals surface area contributed by atoms with E-state index in [1.807, 2.05) is 68.4 Å². The SMILES string of the molecule is CCCSc1nc2n(n1)C(c1cccc(OCc3ccc(Cl)cc3Cl)c1)C(C(=O)Nc1ccccc1OCC)=C(C)N2. The fourth-order valence-electron chi connectivity index (χ4n) is 4.60. The average molecular weight is 625 g/mol. The van der Waals surface area contributed by atoms with E-state index < -0.39 is 6.04 Å². The van der Waals surface area contributed by atoms with E-state index in [0.717, 1.165) is 23.3 Å². The molecule has 4 aromatic rings. The summed E-state index contributed by atoms with van der Waals surface area (Å²) in [6.07, 6.45) is 0.993. The van der Waals surface area contributed by atoms with Crippen molar-refractivity contribution >= 4 is 52.5 Å². The number of para-hydroxylation sites is 2. The first-order valence-electron chi connectivity index (χ1n) is 13.6. The zero-order chi connectivity index (χ0) is 29.6. The molecule has 1 atom stereocenters. The molecular weight excluding hydrogens is 593 g/mol. The van der Waals surface area contributed by atoms with E-state index in [9.17, 15) is 4.79 Å². The van der Waals surface area contributed by atoms with E-state index in [1.165, 1.54) is 0 Å². The van der Waals surface area contributed by atoms with Gasteiger partial charge in [0, 0.05) is 27.1 Å². The quantitative estimate of drug-likeness (QED) is 0.164. The molecule has 0 saturated heterocycles. The lowest BCUT2D eigenvalue weighted by Crippen LogP contribution is -2.31. The van der Waals surface area contributed by atoms with Crippen LogP contribution in [0.15, 0.2) is 83.2 Å². The predicted octanol–water partition coefficient (Wildman–Crippen LogP) is 7.99. The number of nitrogens with zero attached hydrogens (tertiary/aromatic N) is 3. The van der Waals surface area contributed by atoms with Gasteiger partial charge in [0.1, 0.15) is 24.1 Å². The van der Waals surface area contributed by atoms with Crippen molar-refractivity contribution in [3.63, 3.8) is 0 Å². The highest BCUT2D eigenvalue weighted by molar-refractivity contribution is 7.99. The first-order chi connectivity index (χ1) is 20.4. The molecule has 1 aliphatic heterocycles. The lowest BCUT2D eigenvalue weighted by molar-refractivity contribution is -0.113. The number of carbonyl (C=O) groups excluding carboxylic acids is 1. The molecule has 2 N–H and O–H groups in total. The maximum Gasteiger partial charge on any atom is 0.255 e. The molecule has 5 rings (SSSR count). The molecule has 11 heteroatoms. The van der Waals surface area contributed by atoms with Gasteiger partial charge in [-0.15, -0.1) is 5.10 Å². The van der Waals surface area contributed by atoms with Crippen LogP contribution < -0.4 is 20.1 Å². The lowest BCUT2D eigenvalue weighted by atomic mass is 9.94. The van der Waals surface area contributed by atoms with Crippen molar-refractivity contribution in [1.82, 2.24) is 14.8 Å². The van der Waals surface area contributed by atoms with E-state index in [0.29, 0.717) is 56.2 Å². The fourth-order valence-corrected chi connectivity index (χ4v) is 5.75. The number of thioether (sulfide) groups is 1. The Hall–Kier alpha value is -3.66. The normalized spacial score (nSPS) is 14.3. The van der Waals surface area contributed by atoms with Gasteiger partial charge in [-0.25, -0.2) is 4.68 Å². The van der Waals surface area contributed by atoms with Crippen molar-refractivity contribution in [3.8, 4) is 11.5 Å². The molecule has 0 fully saturated rings. The van der Waals surface area contributed by atoms with Crippen LogP contribution in [0, 0.1) is 0 Å². The number of aromatic nitrogens is 3. The van der Waals surface area contributed by atoms with E-state index in [2.05, 4.69) is 17.6 Å². The Balaban J connectivity index is 1.50. The second kappa shape index (κ2) is 13.5. The molecule has 0 radical (unpaired) electrons. The van der Waals surface area contributed by atoms with Crippen LogP contribution in [0.3, 0.4) is 0 Å². The van der Waals surface area contributed by atoms with E-state index >= 15 is 0 Å². The van der Waals surface area contributed by atoms with Crippen molar-refractivity contribution in [2.75, 3.05) is 23.0 Å². The second-order valence-corrected chi connectivity index (χ2v) is 11.5. The monoisotopic (exact) mass is 623 g/mol. The summed E-state index contributed by atoms with van der Waals surface area (Å²) in [6.45, 7) is 6.63. The van der Waals surface area contributed by atoms with Crippen LogP contribution in [0.4, 0.5) is 11.6 Å². The topological polar surface area (TPSA) is 90.3 Å². The predicted molar refractivity (Wildman–Crippen MR) is 169 cm³/mol. The number of nitrogens with one attached hydrogen (secondary N) is 2. The standard InChI is InChI=1S/C31H31Cl2N5O3S/c1-4-15-42-31-36-30-34-19(3)27(29(39)35-25-11-6-7-12-26(25)40-5-2)28(38(30)37-31)20-9-8-10-23(16-20)41-18-21-13-14-22(32)17-24(21)33/h6-14,16-17,28H,4-5,15,18H2,1-3H3,(H,35,39)(H,34,36,37). The molecule has 0 bridgehead atoms. The third-order valence-corrected chi connectivity index (χ3v) is 8.16. The molecule has 218 valence electrons. The third kappa shape index (κ3) is 6.69. The van der Waals surface area contributed by atoms with Crippen LogP contribution in [-0.4, -0.2) is 33.0 Å². The van der Waals surface area contributed by atoms with Gasteiger partial charge in [0.2, 0.25) is 11.1 Å². The van der Waals surface area contributed by atoms with E-state index in [-0.39, 0.29) is 12.5 Å². The molecule has 2 heterocycles. The summed E-state index contributed by atoms with van der Waals surface area (Å²) in [5.74, 6) is 2.40. The summed E-state index contributed by atoms with van der Waals surface area (Å²) in [4.78, 5) is 18.7. The molecule has 1 aromatic heterocycles. The van der Waals surface area contributed by atoms with Crippen LogP contribution in [0.5, 0.6) is 11.5 Å². The summed E-state index contributed by atoms with van der Waals surface area (Å²) >= 11 is 14.0. The van der Waals surface area contributed by atoms with Gasteiger partial charge in [-0.3, -0.25) is 4.79 Å². The number of hydrogen-bond acceptors (Lipinski definition) is 7. The minimum Gasteiger partial charge on any atom is -0.492 e. The molecule has 42 heavy (non-hydrogen) atoms. The number of amides is 1. The van der Waals surface area contributed by atoms with Crippen molar-refractivity contribution in [1.29, 1.82) is 0 Å². The van der Waals surface area contributed by atoms with Gasteiger partial charge >= 0.3 is 0 Å². The highest BCUT2D eigenvalue weighted by Gasteiger charge is 2.35. The smallest absolute Gasteiger partial charge is 0.255 e. The number of allylic oxidation sites excluding steroid dienone is 1. The molecule has 0 saturated carbocycles. The van der Waals surface area contributed by atoms with Crippen LogP contribution in [0.25, 0.3) is 0 Å². The Morgan fingerprint density at radius 3 is 2.69 bits per heavy atom. The minimum absolute atomic E-state index is 0.258.